The third-order valence-corrected chi connectivity index (χ3v) is 5.11. The molecule has 1 heterocycles. The van der Waals surface area contributed by atoms with Gasteiger partial charge in [0, 0.05) is 28.7 Å². The van der Waals surface area contributed by atoms with Crippen LogP contribution in [-0.2, 0) is 11.3 Å². The molecule has 156 valence electrons. The van der Waals surface area contributed by atoms with Crippen LogP contribution >= 0.6 is 11.6 Å². The summed E-state index contributed by atoms with van der Waals surface area (Å²) in [6.07, 6.45) is -3.58. The Morgan fingerprint density at radius 3 is 2.38 bits per heavy atom. The number of nitrogens with zero attached hydrogens (tertiary/aromatic N) is 1. The highest BCUT2D eigenvalue weighted by Gasteiger charge is 2.31. The van der Waals surface area contributed by atoms with Crippen molar-refractivity contribution in [2.75, 3.05) is 18.4 Å². The molecule has 2 aromatic rings. The summed E-state index contributed by atoms with van der Waals surface area (Å²) in [5, 5.41) is 3.09. The summed E-state index contributed by atoms with van der Waals surface area (Å²) in [5.41, 5.74) is 0.836. The first-order chi connectivity index (χ1) is 13.7. The van der Waals surface area contributed by atoms with Crippen LogP contribution in [0.4, 0.5) is 23.2 Å². The molecule has 9 heteroatoms. The van der Waals surface area contributed by atoms with E-state index in [2.05, 4.69) is 10.1 Å². The van der Waals surface area contributed by atoms with E-state index in [4.69, 9.17) is 11.6 Å². The Bertz CT molecular complexity index is 830. The van der Waals surface area contributed by atoms with Crippen molar-refractivity contribution in [2.45, 2.75) is 25.7 Å². The van der Waals surface area contributed by atoms with Crippen molar-refractivity contribution in [3.8, 4) is 5.75 Å². The van der Waals surface area contributed by atoms with Gasteiger partial charge in [-0.25, -0.2) is 4.39 Å². The van der Waals surface area contributed by atoms with E-state index in [9.17, 15) is 22.4 Å². The lowest BCUT2D eigenvalue weighted by molar-refractivity contribution is -0.274. The second-order valence-electron chi connectivity index (χ2n) is 6.81. The molecule has 0 aromatic heterocycles. The van der Waals surface area contributed by atoms with Crippen LogP contribution in [0, 0.1) is 11.7 Å². The zero-order valence-corrected chi connectivity index (χ0v) is 16.1. The average molecular weight is 431 g/mol. The minimum absolute atomic E-state index is 0.196. The number of amides is 1. The monoisotopic (exact) mass is 430 g/mol. The number of likely N-dealkylation sites (tertiary alicyclic amines) is 1. The number of hydrogen-bond donors (Lipinski definition) is 1. The molecular formula is C20H19ClF4N2O2. The van der Waals surface area contributed by atoms with Crippen LogP contribution in [-0.4, -0.2) is 30.3 Å². The van der Waals surface area contributed by atoms with Gasteiger partial charge >= 0.3 is 6.36 Å². The zero-order valence-electron chi connectivity index (χ0n) is 15.3. The van der Waals surface area contributed by atoms with E-state index in [1.165, 1.54) is 18.2 Å². The molecule has 29 heavy (non-hydrogen) atoms. The molecule has 0 saturated carbocycles. The van der Waals surface area contributed by atoms with Gasteiger partial charge in [-0.1, -0.05) is 17.7 Å². The molecule has 0 spiro atoms. The summed E-state index contributed by atoms with van der Waals surface area (Å²) < 4.78 is 54.3. The second kappa shape index (κ2) is 9.00. The molecule has 3 rings (SSSR count). The standard InChI is InChI=1S/C20H19ClF4N2O2/c21-17-2-1-3-18(22)16(17)12-27-10-8-13(9-11-27)19(28)26-14-4-6-15(7-5-14)29-20(23,24)25/h1-7,13H,8-12H2,(H,26,28). The van der Waals surface area contributed by atoms with Gasteiger partial charge in [0.2, 0.25) is 5.91 Å². The van der Waals surface area contributed by atoms with Gasteiger partial charge < -0.3 is 10.1 Å². The van der Waals surface area contributed by atoms with Gasteiger partial charge in [0.15, 0.2) is 0 Å². The van der Waals surface area contributed by atoms with E-state index >= 15 is 0 Å². The summed E-state index contributed by atoms with van der Waals surface area (Å²) in [5.74, 6) is -1.13. The number of carbonyl (C=O) groups is 1. The van der Waals surface area contributed by atoms with Crippen molar-refractivity contribution in [1.29, 1.82) is 0 Å². The summed E-state index contributed by atoms with van der Waals surface area (Å²) >= 11 is 6.06. The summed E-state index contributed by atoms with van der Waals surface area (Å²) in [4.78, 5) is 14.5. The fourth-order valence-corrected chi connectivity index (χ4v) is 3.47. The lowest BCUT2D eigenvalue weighted by Gasteiger charge is -2.31. The quantitative estimate of drug-likeness (QED) is 0.660. The molecule has 4 nitrogen and oxygen atoms in total. The first-order valence-electron chi connectivity index (χ1n) is 9.03. The van der Waals surface area contributed by atoms with E-state index in [0.29, 0.717) is 48.7 Å². The Morgan fingerprint density at radius 1 is 1.14 bits per heavy atom. The predicted molar refractivity (Wildman–Crippen MR) is 101 cm³/mol. The topological polar surface area (TPSA) is 41.6 Å². The van der Waals surface area contributed by atoms with Gasteiger partial charge in [-0.3, -0.25) is 9.69 Å². The normalized spacial score (nSPS) is 15.9. The van der Waals surface area contributed by atoms with E-state index in [1.807, 2.05) is 4.90 Å². The fraction of sp³-hybridized carbons (Fsp3) is 0.350. The van der Waals surface area contributed by atoms with Gasteiger partial charge in [-0.05, 0) is 62.3 Å². The van der Waals surface area contributed by atoms with E-state index in [-0.39, 0.29) is 23.4 Å². The molecule has 1 amide bonds. The number of halogens is 5. The molecule has 0 radical (unpaired) electrons. The molecule has 0 atom stereocenters. The van der Waals surface area contributed by atoms with Crippen LogP contribution in [0.25, 0.3) is 0 Å². The van der Waals surface area contributed by atoms with Crippen LogP contribution in [0.3, 0.4) is 0 Å². The lowest BCUT2D eigenvalue weighted by Crippen LogP contribution is -2.38. The average Bonchev–Trinajstić information content (AvgIpc) is 2.66. The maximum absolute atomic E-state index is 13.9. The van der Waals surface area contributed by atoms with Gasteiger partial charge in [0.1, 0.15) is 11.6 Å². The van der Waals surface area contributed by atoms with E-state index < -0.39 is 6.36 Å². The van der Waals surface area contributed by atoms with Crippen molar-refractivity contribution in [3.63, 3.8) is 0 Å². The molecule has 1 aliphatic heterocycles. The van der Waals surface area contributed by atoms with Crippen LogP contribution < -0.4 is 10.1 Å². The number of hydrogen-bond acceptors (Lipinski definition) is 3. The molecule has 0 bridgehead atoms. The third kappa shape index (κ3) is 6.08. The number of rotatable bonds is 5. The van der Waals surface area contributed by atoms with Crippen molar-refractivity contribution in [3.05, 3.63) is 58.9 Å². The highest BCUT2D eigenvalue weighted by Crippen LogP contribution is 2.26. The van der Waals surface area contributed by atoms with Gasteiger partial charge in [0.25, 0.3) is 0 Å². The Morgan fingerprint density at radius 2 is 1.79 bits per heavy atom. The van der Waals surface area contributed by atoms with Crippen LogP contribution in [0.5, 0.6) is 5.75 Å². The zero-order chi connectivity index (χ0) is 21.0. The van der Waals surface area contributed by atoms with Crippen LogP contribution in [0.2, 0.25) is 5.02 Å². The number of nitrogens with one attached hydrogen (secondary N) is 1. The fourth-order valence-electron chi connectivity index (χ4n) is 3.24. The molecule has 2 aromatic carbocycles. The van der Waals surface area contributed by atoms with Gasteiger partial charge in [-0.15, -0.1) is 13.2 Å². The molecule has 1 saturated heterocycles. The third-order valence-electron chi connectivity index (χ3n) is 4.76. The van der Waals surface area contributed by atoms with Crippen molar-refractivity contribution in [2.24, 2.45) is 5.92 Å². The molecule has 0 unspecified atom stereocenters. The van der Waals surface area contributed by atoms with Gasteiger partial charge in [0.05, 0.1) is 0 Å². The first kappa shape index (κ1) is 21.4. The number of carbonyl (C=O) groups excluding carboxylic acids is 1. The number of anilines is 1. The molecule has 1 fully saturated rings. The SMILES string of the molecule is O=C(Nc1ccc(OC(F)(F)F)cc1)C1CCN(Cc2c(F)cccc2Cl)CC1. The highest BCUT2D eigenvalue weighted by molar-refractivity contribution is 6.31. The highest BCUT2D eigenvalue weighted by atomic mass is 35.5. The summed E-state index contributed by atoms with van der Waals surface area (Å²) in [6, 6.07) is 9.56. The number of alkyl halides is 3. The summed E-state index contributed by atoms with van der Waals surface area (Å²) in [7, 11) is 0. The Hall–Kier alpha value is -2.32. The van der Waals surface area contributed by atoms with Gasteiger partial charge in [-0.2, -0.15) is 0 Å². The first-order valence-corrected chi connectivity index (χ1v) is 9.41. The number of benzene rings is 2. The van der Waals surface area contributed by atoms with E-state index in [0.717, 1.165) is 12.1 Å². The molecule has 0 aliphatic carbocycles. The predicted octanol–water partition coefficient (Wildman–Crippen LogP) is 5.23. The van der Waals surface area contributed by atoms with Crippen molar-refractivity contribution in [1.82, 2.24) is 4.90 Å². The van der Waals surface area contributed by atoms with E-state index in [1.54, 1.807) is 12.1 Å². The lowest BCUT2D eigenvalue weighted by atomic mass is 9.95. The number of ether oxygens (including phenoxy) is 1. The van der Waals surface area contributed by atoms with Crippen molar-refractivity contribution >= 4 is 23.2 Å². The van der Waals surface area contributed by atoms with Crippen LogP contribution in [0.15, 0.2) is 42.5 Å². The molecule has 1 aliphatic rings. The maximum Gasteiger partial charge on any atom is 0.573 e. The Balaban J connectivity index is 1.50. The van der Waals surface area contributed by atoms with Crippen LogP contribution in [0.1, 0.15) is 18.4 Å². The van der Waals surface area contributed by atoms with Crippen molar-refractivity contribution < 1.29 is 27.1 Å². The maximum atomic E-state index is 13.9. The second-order valence-corrected chi connectivity index (χ2v) is 7.22. The minimum Gasteiger partial charge on any atom is -0.406 e. The summed E-state index contributed by atoms with van der Waals surface area (Å²) in [6.45, 7) is 1.60. The Kier molecular flexibility index (Phi) is 6.64. The smallest absolute Gasteiger partial charge is 0.406 e. The Labute approximate surface area is 170 Å². The number of piperidine rings is 1. The largest absolute Gasteiger partial charge is 0.573 e. The molecule has 1 N–H and O–H groups in total. The minimum atomic E-state index is -4.76. The molecular weight excluding hydrogens is 412 g/mol.